The second-order valence-electron chi connectivity index (χ2n) is 10.7. The molecule has 2 atom stereocenters. The highest BCUT2D eigenvalue weighted by Crippen LogP contribution is 2.40. The van der Waals surface area contributed by atoms with Crippen LogP contribution >= 0.6 is 0 Å². The van der Waals surface area contributed by atoms with Crippen LogP contribution in [0.5, 0.6) is 0 Å². The monoisotopic (exact) mass is 550 g/mol. The molecule has 0 spiro atoms. The number of hydrogen-bond acceptors (Lipinski definition) is 4. The van der Waals surface area contributed by atoms with E-state index in [1.165, 1.54) is 17.7 Å². The van der Waals surface area contributed by atoms with E-state index in [2.05, 4.69) is 38.2 Å². The summed E-state index contributed by atoms with van der Waals surface area (Å²) in [5, 5.41) is 3.16. The number of rotatable bonds is 8. The molecule has 2 aromatic carbocycles. The highest BCUT2D eigenvalue weighted by atomic mass is 19.1. The number of aryl methyl sites for hydroxylation is 4. The topological polar surface area (TPSA) is 50.8 Å². The molecule has 7 heteroatoms. The van der Waals surface area contributed by atoms with E-state index in [0.717, 1.165) is 40.8 Å². The fourth-order valence-electron chi connectivity index (χ4n) is 5.73. The Labute approximate surface area is 236 Å². The predicted molar refractivity (Wildman–Crippen MR) is 155 cm³/mol. The van der Waals surface area contributed by atoms with E-state index in [0.29, 0.717) is 24.3 Å². The molecule has 1 amide bonds. The molecule has 2 saturated heterocycles. The maximum absolute atomic E-state index is 15.2. The third kappa shape index (κ3) is 6.47. The van der Waals surface area contributed by atoms with Crippen molar-refractivity contribution in [2.45, 2.75) is 66.8 Å². The van der Waals surface area contributed by atoms with Gasteiger partial charge < -0.3 is 14.8 Å². The lowest BCUT2D eigenvalue weighted by Crippen LogP contribution is -2.34. The summed E-state index contributed by atoms with van der Waals surface area (Å²) in [4.78, 5) is 15.4. The summed E-state index contributed by atoms with van der Waals surface area (Å²) < 4.78 is 40.9. The van der Waals surface area contributed by atoms with Crippen molar-refractivity contribution < 1.29 is 23.0 Å². The van der Waals surface area contributed by atoms with Gasteiger partial charge in [-0.25, -0.2) is 8.78 Å². The number of allylic oxidation sites excluding steroid dienone is 3. The number of hydrogen-bond donors (Lipinski definition) is 1. The van der Waals surface area contributed by atoms with E-state index < -0.39 is 5.83 Å². The normalized spacial score (nSPS) is 21.9. The van der Waals surface area contributed by atoms with E-state index >= 15 is 8.78 Å². The first-order valence-corrected chi connectivity index (χ1v) is 14.1. The molecule has 4 rings (SSSR count). The minimum atomic E-state index is -0.504. The fraction of sp³-hybridized carbons (Fsp3) is 0.424. The molecular weight excluding hydrogens is 510 g/mol. The zero-order valence-corrected chi connectivity index (χ0v) is 24.4. The molecule has 0 unspecified atom stereocenters. The van der Waals surface area contributed by atoms with E-state index in [4.69, 9.17) is 9.47 Å². The zero-order chi connectivity index (χ0) is 29.0. The van der Waals surface area contributed by atoms with E-state index in [9.17, 15) is 4.79 Å². The molecule has 2 heterocycles. The molecule has 5 nitrogen and oxygen atoms in total. The molecule has 0 aliphatic carbocycles. The number of halogens is 2. The summed E-state index contributed by atoms with van der Waals surface area (Å²) in [5.41, 5.74) is 6.44. The summed E-state index contributed by atoms with van der Waals surface area (Å²) in [6.45, 7) is 12.3. The van der Waals surface area contributed by atoms with Crippen LogP contribution in [-0.4, -0.2) is 30.7 Å². The Hall–Kier alpha value is -3.45. The lowest BCUT2D eigenvalue weighted by atomic mass is 9.93. The van der Waals surface area contributed by atoms with Crippen molar-refractivity contribution in [2.75, 3.05) is 25.2 Å². The molecule has 0 radical (unpaired) electrons. The maximum Gasteiger partial charge on any atom is 0.238 e. The zero-order valence-electron chi connectivity index (χ0n) is 24.4. The largest absolute Gasteiger partial charge is 0.454 e. The van der Waals surface area contributed by atoms with Gasteiger partial charge in [0.1, 0.15) is 5.82 Å². The summed E-state index contributed by atoms with van der Waals surface area (Å²) in [5.74, 6) is -0.543. The number of likely N-dealkylation sites (tertiary alicyclic amines) is 1. The van der Waals surface area contributed by atoms with Crippen molar-refractivity contribution in [1.82, 2.24) is 4.90 Å². The number of benzene rings is 2. The van der Waals surface area contributed by atoms with Crippen molar-refractivity contribution in [3.63, 3.8) is 0 Å². The van der Waals surface area contributed by atoms with Crippen LogP contribution in [0.1, 0.15) is 68.0 Å². The Kier molecular flexibility index (Phi) is 9.46. The Balaban J connectivity index is 1.61. The molecule has 40 heavy (non-hydrogen) atoms. The van der Waals surface area contributed by atoms with E-state index in [-0.39, 0.29) is 42.8 Å². The quantitative estimate of drug-likeness (QED) is 0.368. The van der Waals surface area contributed by atoms with Crippen LogP contribution in [0.25, 0.3) is 0 Å². The molecule has 214 valence electrons. The Morgan fingerprint density at radius 1 is 1.10 bits per heavy atom. The van der Waals surface area contributed by atoms with Crippen molar-refractivity contribution in [3.8, 4) is 0 Å². The summed E-state index contributed by atoms with van der Waals surface area (Å²) in [6, 6.07) is 9.12. The molecule has 2 aliphatic heterocycles. The molecule has 0 aromatic heterocycles. The molecule has 0 bridgehead atoms. The highest BCUT2D eigenvalue weighted by molar-refractivity contribution is 5.94. The molecule has 0 saturated carbocycles. The Bertz CT molecular complexity index is 1340. The van der Waals surface area contributed by atoms with Gasteiger partial charge >= 0.3 is 0 Å². The van der Waals surface area contributed by atoms with Crippen LogP contribution in [0.15, 0.2) is 65.4 Å². The van der Waals surface area contributed by atoms with Gasteiger partial charge in [-0.05, 0) is 87.8 Å². The third-order valence-corrected chi connectivity index (χ3v) is 7.86. The Morgan fingerprint density at radius 2 is 1.80 bits per heavy atom. The van der Waals surface area contributed by atoms with Crippen molar-refractivity contribution in [2.24, 2.45) is 5.92 Å². The van der Waals surface area contributed by atoms with Crippen LogP contribution in [0.3, 0.4) is 0 Å². The number of nitrogens with zero attached hydrogens (tertiary/aromatic N) is 1. The average molecular weight is 551 g/mol. The van der Waals surface area contributed by atoms with Gasteiger partial charge in [0.2, 0.25) is 18.5 Å². The lowest BCUT2D eigenvalue weighted by molar-refractivity contribution is -0.117. The number of carbonyl (C=O) groups is 1. The van der Waals surface area contributed by atoms with Crippen molar-refractivity contribution >= 4 is 11.6 Å². The Morgan fingerprint density at radius 3 is 2.42 bits per heavy atom. The maximum atomic E-state index is 15.2. The first-order valence-electron chi connectivity index (χ1n) is 14.1. The first kappa shape index (κ1) is 29.5. The SMILES string of the molecule is C/C=C1/OCO/C1=C(F)/C=C(\C)[C@@H]1C[C@H](c2ccc(C)cc2F)N(CC(=O)Nc2c(CC)cc(C)cc2CC)C1. The first-order chi connectivity index (χ1) is 19.1. The van der Waals surface area contributed by atoms with Gasteiger partial charge in [-0.1, -0.05) is 49.2 Å². The summed E-state index contributed by atoms with van der Waals surface area (Å²) in [6.07, 6.45) is 5.32. The van der Waals surface area contributed by atoms with Gasteiger partial charge in [0.25, 0.3) is 0 Å². The summed E-state index contributed by atoms with van der Waals surface area (Å²) >= 11 is 0. The van der Waals surface area contributed by atoms with Gasteiger partial charge in [0.15, 0.2) is 11.6 Å². The number of nitrogens with one attached hydrogen (secondary N) is 1. The molecule has 2 fully saturated rings. The standard InChI is InChI=1S/C33H40F2N2O3/c1-7-23-12-21(5)13-24(8-2)32(23)36-31(38)18-37-17-25(16-29(37)26-11-10-20(4)14-27(26)34)22(6)15-28(35)33-30(9-3)39-19-40-33/h9-15,25,29H,7-8,16-19H2,1-6H3,(H,36,38)/b22-15+,30-9+,33-28-/t25-,29-/m1/s1. The van der Waals surface area contributed by atoms with Crippen LogP contribution in [0, 0.1) is 25.6 Å². The van der Waals surface area contributed by atoms with Gasteiger partial charge in [-0.3, -0.25) is 9.69 Å². The molecule has 2 aromatic rings. The minimum absolute atomic E-state index is 0.0170. The molecule has 2 aliphatic rings. The second kappa shape index (κ2) is 12.8. The minimum Gasteiger partial charge on any atom is -0.454 e. The van der Waals surface area contributed by atoms with Crippen LogP contribution in [0.4, 0.5) is 14.5 Å². The smallest absolute Gasteiger partial charge is 0.238 e. The highest BCUT2D eigenvalue weighted by Gasteiger charge is 2.36. The van der Waals surface area contributed by atoms with Crippen LogP contribution in [0.2, 0.25) is 0 Å². The van der Waals surface area contributed by atoms with Gasteiger partial charge in [0, 0.05) is 23.8 Å². The van der Waals surface area contributed by atoms with Crippen molar-refractivity contribution in [1.29, 1.82) is 0 Å². The summed E-state index contributed by atoms with van der Waals surface area (Å²) in [7, 11) is 0. The van der Waals surface area contributed by atoms with Crippen LogP contribution < -0.4 is 5.32 Å². The number of ether oxygens (including phenoxy) is 2. The average Bonchev–Trinajstić information content (AvgIpc) is 3.56. The molecule has 1 N–H and O–H groups in total. The third-order valence-electron chi connectivity index (χ3n) is 7.86. The fourth-order valence-corrected chi connectivity index (χ4v) is 5.73. The van der Waals surface area contributed by atoms with E-state index in [1.54, 1.807) is 19.1 Å². The lowest BCUT2D eigenvalue weighted by Gasteiger charge is -2.25. The van der Waals surface area contributed by atoms with Gasteiger partial charge in [0.05, 0.1) is 6.54 Å². The van der Waals surface area contributed by atoms with Gasteiger partial charge in [-0.2, -0.15) is 0 Å². The number of anilines is 1. The number of amides is 1. The molecular formula is C33H40F2N2O3. The number of carbonyl (C=O) groups excluding carboxylic acids is 1. The predicted octanol–water partition coefficient (Wildman–Crippen LogP) is 7.60. The van der Waals surface area contributed by atoms with Crippen LogP contribution in [-0.2, 0) is 27.1 Å². The van der Waals surface area contributed by atoms with Gasteiger partial charge in [-0.15, -0.1) is 0 Å². The second-order valence-corrected chi connectivity index (χ2v) is 10.7. The van der Waals surface area contributed by atoms with Crippen molar-refractivity contribution in [3.05, 3.63) is 99.0 Å². The van der Waals surface area contributed by atoms with E-state index in [1.807, 2.05) is 24.8 Å².